The minimum absolute atomic E-state index is 0.282. The first-order chi connectivity index (χ1) is 5.25. The molecule has 1 N–H and O–H groups in total. The van der Waals surface area contributed by atoms with E-state index in [1.165, 1.54) is 0 Å². The van der Waals surface area contributed by atoms with Crippen molar-refractivity contribution in [3.63, 3.8) is 0 Å². The molecule has 0 saturated heterocycles. The van der Waals surface area contributed by atoms with Gasteiger partial charge in [-0.25, -0.2) is 4.21 Å². The van der Waals surface area contributed by atoms with Crippen molar-refractivity contribution >= 4 is 17.4 Å². The highest BCUT2D eigenvalue weighted by molar-refractivity contribution is 7.85. The van der Waals surface area contributed by atoms with Gasteiger partial charge in [0, 0.05) is 7.11 Å². The van der Waals surface area contributed by atoms with Gasteiger partial charge in [-0.1, -0.05) is 0 Å². The standard InChI is InChI=1S/C6H11NO3S/c1-10-4-6(2-3-6)11(9)7-5-8/h5H,2-4H2,1H3,(H,7,8). The lowest BCUT2D eigenvalue weighted by Crippen LogP contribution is -2.32. The average Bonchev–Trinajstić information content (AvgIpc) is 2.71. The van der Waals surface area contributed by atoms with E-state index in [4.69, 9.17) is 4.74 Å². The third-order valence-corrected chi connectivity index (χ3v) is 3.39. The van der Waals surface area contributed by atoms with Crippen LogP contribution in [0.4, 0.5) is 0 Å². The molecule has 1 fully saturated rings. The van der Waals surface area contributed by atoms with Crippen molar-refractivity contribution in [1.82, 2.24) is 4.72 Å². The average molecular weight is 177 g/mol. The second-order valence-electron chi connectivity index (χ2n) is 2.62. The minimum atomic E-state index is -1.26. The summed E-state index contributed by atoms with van der Waals surface area (Å²) >= 11 is 0. The topological polar surface area (TPSA) is 55.4 Å². The maximum Gasteiger partial charge on any atom is 0.218 e. The lowest BCUT2D eigenvalue weighted by molar-refractivity contribution is -0.108. The fourth-order valence-corrected chi connectivity index (χ4v) is 1.99. The molecule has 11 heavy (non-hydrogen) atoms. The van der Waals surface area contributed by atoms with Gasteiger partial charge < -0.3 is 4.74 Å². The fraction of sp³-hybridized carbons (Fsp3) is 0.833. The summed E-state index contributed by atoms with van der Waals surface area (Å²) in [4.78, 5) is 9.95. The molecule has 0 aliphatic heterocycles. The quantitative estimate of drug-likeness (QED) is 0.580. The zero-order valence-corrected chi connectivity index (χ0v) is 7.15. The van der Waals surface area contributed by atoms with E-state index in [9.17, 15) is 9.00 Å². The second kappa shape index (κ2) is 3.32. The molecule has 4 nitrogen and oxygen atoms in total. The molecule has 1 atom stereocenters. The van der Waals surface area contributed by atoms with Gasteiger partial charge in [-0.15, -0.1) is 0 Å². The molecule has 1 rings (SSSR count). The summed E-state index contributed by atoms with van der Waals surface area (Å²) in [5.74, 6) is 0. The summed E-state index contributed by atoms with van der Waals surface area (Å²) in [6, 6.07) is 0. The number of methoxy groups -OCH3 is 1. The van der Waals surface area contributed by atoms with Crippen molar-refractivity contribution in [2.45, 2.75) is 17.6 Å². The highest BCUT2D eigenvalue weighted by Gasteiger charge is 2.49. The Morgan fingerprint density at radius 3 is 2.73 bits per heavy atom. The molecule has 0 aromatic heterocycles. The molecule has 0 heterocycles. The summed E-state index contributed by atoms with van der Waals surface area (Å²) in [6.45, 7) is 0.459. The monoisotopic (exact) mass is 177 g/mol. The van der Waals surface area contributed by atoms with E-state index in [1.54, 1.807) is 7.11 Å². The predicted octanol–water partition coefficient (Wildman–Crippen LogP) is -0.425. The lowest BCUT2D eigenvalue weighted by Gasteiger charge is -2.11. The van der Waals surface area contributed by atoms with Crippen molar-refractivity contribution in [2.75, 3.05) is 13.7 Å². The van der Waals surface area contributed by atoms with Crippen molar-refractivity contribution < 1.29 is 13.7 Å². The summed E-state index contributed by atoms with van der Waals surface area (Å²) in [5, 5.41) is 0. The van der Waals surface area contributed by atoms with Gasteiger partial charge >= 0.3 is 0 Å². The molecular weight excluding hydrogens is 166 g/mol. The smallest absolute Gasteiger partial charge is 0.218 e. The highest BCUT2D eigenvalue weighted by Crippen LogP contribution is 2.40. The Hall–Kier alpha value is -0.420. The third-order valence-electron chi connectivity index (χ3n) is 1.76. The van der Waals surface area contributed by atoms with Crippen molar-refractivity contribution in [3.8, 4) is 0 Å². The Morgan fingerprint density at radius 1 is 1.73 bits per heavy atom. The van der Waals surface area contributed by atoms with E-state index in [0.29, 0.717) is 13.0 Å². The van der Waals surface area contributed by atoms with Crippen LogP contribution in [0.15, 0.2) is 0 Å². The van der Waals surface area contributed by atoms with Crippen LogP contribution in [-0.4, -0.2) is 29.1 Å². The van der Waals surface area contributed by atoms with Gasteiger partial charge in [-0.2, -0.15) is 0 Å². The van der Waals surface area contributed by atoms with E-state index in [1.807, 2.05) is 0 Å². The van der Waals surface area contributed by atoms with Gasteiger partial charge in [0.05, 0.1) is 11.4 Å². The second-order valence-corrected chi connectivity index (χ2v) is 4.26. The number of carbonyl (C=O) groups excluding carboxylic acids is 1. The fourth-order valence-electron chi connectivity index (χ4n) is 0.954. The van der Waals surface area contributed by atoms with E-state index >= 15 is 0 Å². The molecule has 0 radical (unpaired) electrons. The molecule has 1 saturated carbocycles. The van der Waals surface area contributed by atoms with Crippen molar-refractivity contribution in [1.29, 1.82) is 0 Å². The number of amides is 1. The largest absolute Gasteiger partial charge is 0.383 e. The number of nitrogens with one attached hydrogen (secondary N) is 1. The molecule has 1 amide bonds. The first kappa shape index (κ1) is 8.67. The molecule has 1 aliphatic carbocycles. The van der Waals surface area contributed by atoms with Gasteiger partial charge in [-0.05, 0) is 12.8 Å². The van der Waals surface area contributed by atoms with Crippen LogP contribution in [0.5, 0.6) is 0 Å². The van der Waals surface area contributed by atoms with Gasteiger partial charge in [0.1, 0.15) is 11.0 Å². The molecule has 0 aromatic carbocycles. The zero-order valence-electron chi connectivity index (χ0n) is 6.33. The SMILES string of the molecule is COCC1(S(=O)NC=O)CC1. The van der Waals surface area contributed by atoms with Crippen LogP contribution in [0.2, 0.25) is 0 Å². The van der Waals surface area contributed by atoms with Crippen molar-refractivity contribution in [3.05, 3.63) is 0 Å². The number of hydrogen-bond donors (Lipinski definition) is 1. The highest BCUT2D eigenvalue weighted by atomic mass is 32.2. The Balaban J connectivity index is 2.44. The Morgan fingerprint density at radius 2 is 2.36 bits per heavy atom. The number of carbonyl (C=O) groups is 1. The van der Waals surface area contributed by atoms with Gasteiger partial charge in [0.15, 0.2) is 0 Å². The molecule has 1 aliphatic rings. The maximum absolute atomic E-state index is 11.2. The lowest BCUT2D eigenvalue weighted by atomic mass is 10.4. The van der Waals surface area contributed by atoms with Crippen molar-refractivity contribution in [2.24, 2.45) is 0 Å². The van der Waals surface area contributed by atoms with Gasteiger partial charge in [0.2, 0.25) is 6.41 Å². The zero-order chi connectivity index (χ0) is 8.32. The predicted molar refractivity (Wildman–Crippen MR) is 41.2 cm³/mol. The van der Waals surface area contributed by atoms with Crippen LogP contribution in [0, 0.1) is 0 Å². The van der Waals surface area contributed by atoms with E-state index in [-0.39, 0.29) is 4.75 Å². The Kier molecular flexibility index (Phi) is 2.62. The van der Waals surface area contributed by atoms with E-state index in [0.717, 1.165) is 12.8 Å². The summed E-state index contributed by atoms with van der Waals surface area (Å²) in [7, 11) is 0.305. The molecule has 64 valence electrons. The molecule has 0 spiro atoms. The van der Waals surface area contributed by atoms with Crippen LogP contribution >= 0.6 is 0 Å². The van der Waals surface area contributed by atoms with Gasteiger partial charge in [-0.3, -0.25) is 9.52 Å². The van der Waals surface area contributed by atoms with E-state index < -0.39 is 11.0 Å². The van der Waals surface area contributed by atoms with Crippen LogP contribution < -0.4 is 4.72 Å². The van der Waals surface area contributed by atoms with Crippen LogP contribution in [-0.2, 0) is 20.5 Å². The van der Waals surface area contributed by atoms with Gasteiger partial charge in [0.25, 0.3) is 0 Å². The summed E-state index contributed by atoms with van der Waals surface area (Å²) in [6.07, 6.45) is 2.20. The van der Waals surface area contributed by atoms with E-state index in [2.05, 4.69) is 4.72 Å². The van der Waals surface area contributed by atoms with Crippen LogP contribution in [0.1, 0.15) is 12.8 Å². The van der Waals surface area contributed by atoms with Crippen LogP contribution in [0.3, 0.4) is 0 Å². The molecule has 5 heteroatoms. The molecule has 0 bridgehead atoms. The summed E-state index contributed by atoms with van der Waals surface area (Å²) < 4.78 is 18.1. The number of rotatable bonds is 5. The van der Waals surface area contributed by atoms with Crippen LogP contribution in [0.25, 0.3) is 0 Å². The normalized spacial score (nSPS) is 22.3. The maximum atomic E-state index is 11.2. The first-order valence-electron chi connectivity index (χ1n) is 3.36. The Bertz CT molecular complexity index is 179. The summed E-state index contributed by atoms with van der Waals surface area (Å²) in [5.41, 5.74) is 0. The number of ether oxygens (including phenoxy) is 1. The Labute approximate surface area is 67.9 Å². The third kappa shape index (κ3) is 1.78. The minimum Gasteiger partial charge on any atom is -0.383 e. The number of hydrogen-bond acceptors (Lipinski definition) is 3. The first-order valence-corrected chi connectivity index (χ1v) is 4.51. The molecule has 1 unspecified atom stereocenters. The molecule has 0 aromatic rings. The molecular formula is C6H11NO3S.